The summed E-state index contributed by atoms with van der Waals surface area (Å²) in [5.74, 6) is 0. The minimum absolute atomic E-state index is 1.16. The molecule has 0 aliphatic carbocycles. The van der Waals surface area contributed by atoms with Crippen LogP contribution in [-0.4, -0.2) is 0 Å². The Bertz CT molecular complexity index is 1560. The zero-order valence-electron chi connectivity index (χ0n) is 18.9. The van der Waals surface area contributed by atoms with E-state index in [-0.39, 0.29) is 0 Å². The molecule has 6 aromatic rings. The molecule has 0 saturated heterocycles. The van der Waals surface area contributed by atoms with Crippen molar-refractivity contribution in [1.82, 2.24) is 0 Å². The number of rotatable bonds is 3. The first-order valence-corrected chi connectivity index (χ1v) is 11.5. The minimum atomic E-state index is 1.16. The second-order valence-corrected chi connectivity index (χ2v) is 8.83. The Morgan fingerprint density at radius 3 is 1.61 bits per heavy atom. The van der Waals surface area contributed by atoms with Gasteiger partial charge in [-0.05, 0) is 71.1 Å². The van der Waals surface area contributed by atoms with Gasteiger partial charge in [-0.3, -0.25) is 0 Å². The van der Waals surface area contributed by atoms with Crippen LogP contribution in [0.3, 0.4) is 0 Å². The molecule has 0 aliphatic rings. The van der Waals surface area contributed by atoms with Crippen LogP contribution >= 0.6 is 0 Å². The van der Waals surface area contributed by atoms with Gasteiger partial charge in [-0.15, -0.1) is 0 Å². The number of hydrogen-bond donors (Lipinski definition) is 0. The van der Waals surface area contributed by atoms with Crippen molar-refractivity contribution >= 4 is 49.4 Å². The van der Waals surface area contributed by atoms with E-state index in [1.165, 1.54) is 49.1 Å². The maximum Gasteiger partial charge on any atom is 0.0546 e. The largest absolute Gasteiger partial charge is 0.310 e. The number of aryl methyl sites for hydroxylation is 2. The van der Waals surface area contributed by atoms with Gasteiger partial charge in [0.15, 0.2) is 0 Å². The van der Waals surface area contributed by atoms with Crippen LogP contribution in [0.4, 0.5) is 17.1 Å². The van der Waals surface area contributed by atoms with Gasteiger partial charge in [0.2, 0.25) is 0 Å². The molecule has 158 valence electrons. The van der Waals surface area contributed by atoms with Crippen LogP contribution in [0.1, 0.15) is 11.1 Å². The molecule has 0 aliphatic heterocycles. The molecule has 33 heavy (non-hydrogen) atoms. The molecule has 1 heteroatoms. The maximum atomic E-state index is 2.38. The van der Waals surface area contributed by atoms with E-state index in [0.29, 0.717) is 0 Å². The Labute approximate surface area is 194 Å². The van der Waals surface area contributed by atoms with Gasteiger partial charge in [-0.2, -0.15) is 0 Å². The number of hydrogen-bond acceptors (Lipinski definition) is 1. The molecule has 6 aromatic carbocycles. The van der Waals surface area contributed by atoms with Crippen LogP contribution in [0, 0.1) is 13.8 Å². The van der Waals surface area contributed by atoms with E-state index < -0.39 is 0 Å². The quantitative estimate of drug-likeness (QED) is 0.256. The number of fused-ring (bicyclic) bond motifs is 5. The first kappa shape index (κ1) is 19.6. The zero-order valence-corrected chi connectivity index (χ0v) is 18.9. The molecular weight excluding hydrogens is 398 g/mol. The van der Waals surface area contributed by atoms with Crippen LogP contribution < -0.4 is 4.90 Å². The lowest BCUT2D eigenvalue weighted by atomic mass is 9.94. The van der Waals surface area contributed by atoms with E-state index in [2.05, 4.69) is 134 Å². The average molecular weight is 424 g/mol. The molecule has 0 aromatic heterocycles. The van der Waals surface area contributed by atoms with Gasteiger partial charge >= 0.3 is 0 Å². The summed E-state index contributed by atoms with van der Waals surface area (Å²) in [6.45, 7) is 4.27. The third-order valence-electron chi connectivity index (χ3n) is 6.55. The fourth-order valence-electron chi connectivity index (χ4n) is 4.86. The molecule has 0 unspecified atom stereocenters. The highest BCUT2D eigenvalue weighted by Crippen LogP contribution is 2.43. The molecule has 0 fully saturated rings. The topological polar surface area (TPSA) is 3.24 Å². The van der Waals surface area contributed by atoms with Crippen molar-refractivity contribution in [2.75, 3.05) is 4.90 Å². The van der Waals surface area contributed by atoms with Crippen LogP contribution in [0.2, 0.25) is 0 Å². The average Bonchev–Trinajstić information content (AvgIpc) is 2.86. The lowest BCUT2D eigenvalue weighted by Crippen LogP contribution is -2.10. The molecule has 1 nitrogen and oxygen atoms in total. The number of anilines is 3. The van der Waals surface area contributed by atoms with Gasteiger partial charge in [-0.1, -0.05) is 96.1 Å². The third kappa shape index (κ3) is 3.34. The third-order valence-corrected chi connectivity index (χ3v) is 6.55. The van der Waals surface area contributed by atoms with Crippen molar-refractivity contribution in [2.24, 2.45) is 0 Å². The predicted octanol–water partition coefficient (Wildman–Crippen LogP) is 9.23. The number of nitrogens with zero attached hydrogens (tertiary/aromatic N) is 1. The van der Waals surface area contributed by atoms with Crippen LogP contribution in [0.15, 0.2) is 115 Å². The smallest absolute Gasteiger partial charge is 0.0546 e. The monoisotopic (exact) mass is 423 g/mol. The molecular formula is C32H25N. The van der Waals surface area contributed by atoms with Crippen molar-refractivity contribution in [3.8, 4) is 0 Å². The molecule has 6 rings (SSSR count). The van der Waals surface area contributed by atoms with Gasteiger partial charge in [-0.25, -0.2) is 0 Å². The summed E-state index contributed by atoms with van der Waals surface area (Å²) in [5.41, 5.74) is 6.04. The van der Waals surface area contributed by atoms with Crippen LogP contribution in [0.25, 0.3) is 32.3 Å². The van der Waals surface area contributed by atoms with Gasteiger partial charge in [0, 0.05) is 16.8 Å². The first-order chi connectivity index (χ1) is 16.2. The van der Waals surface area contributed by atoms with E-state index >= 15 is 0 Å². The maximum absolute atomic E-state index is 2.38. The van der Waals surface area contributed by atoms with E-state index in [0.717, 1.165) is 11.4 Å². The van der Waals surface area contributed by atoms with E-state index in [9.17, 15) is 0 Å². The summed E-state index contributed by atoms with van der Waals surface area (Å²) >= 11 is 0. The fraction of sp³-hybridized carbons (Fsp3) is 0.0625. The van der Waals surface area contributed by atoms with E-state index in [4.69, 9.17) is 0 Å². The van der Waals surface area contributed by atoms with Crippen molar-refractivity contribution in [2.45, 2.75) is 13.8 Å². The van der Waals surface area contributed by atoms with E-state index in [1.807, 2.05) is 0 Å². The molecule has 0 atom stereocenters. The van der Waals surface area contributed by atoms with Crippen LogP contribution in [0.5, 0.6) is 0 Å². The van der Waals surface area contributed by atoms with Crippen molar-refractivity contribution in [3.05, 3.63) is 126 Å². The molecule has 0 amide bonds. The molecule has 0 spiro atoms. The van der Waals surface area contributed by atoms with Crippen molar-refractivity contribution < 1.29 is 0 Å². The highest BCUT2D eigenvalue weighted by Gasteiger charge is 2.17. The molecule has 0 saturated carbocycles. The van der Waals surface area contributed by atoms with Gasteiger partial charge in [0.05, 0.1) is 5.69 Å². The summed E-state index contributed by atoms with van der Waals surface area (Å²) in [6, 6.07) is 41.9. The Kier molecular flexibility index (Phi) is 4.62. The molecule has 0 bridgehead atoms. The lowest BCUT2D eigenvalue weighted by Gasteiger charge is -2.28. The summed E-state index contributed by atoms with van der Waals surface area (Å²) in [4.78, 5) is 2.38. The van der Waals surface area contributed by atoms with Crippen LogP contribution in [-0.2, 0) is 0 Å². The standard InChI is InChI=1S/C32H25N/c1-22-11-17-26(18-12-22)33(27-19-13-23(2)14-20-27)31-21-25-16-15-24-7-3-4-8-28(24)32(25)30-10-6-5-9-29(30)31/h3-21H,1-2H3. The fourth-order valence-corrected chi connectivity index (χ4v) is 4.86. The summed E-state index contributed by atoms with van der Waals surface area (Å²) < 4.78 is 0. The van der Waals surface area contributed by atoms with Gasteiger partial charge in [0.25, 0.3) is 0 Å². The second kappa shape index (κ2) is 7.79. The highest BCUT2D eigenvalue weighted by molar-refractivity contribution is 6.23. The molecule has 0 N–H and O–H groups in total. The van der Waals surface area contributed by atoms with E-state index in [1.54, 1.807) is 0 Å². The Hall–Kier alpha value is -4.10. The zero-order chi connectivity index (χ0) is 22.4. The summed E-state index contributed by atoms with van der Waals surface area (Å²) in [6.07, 6.45) is 0. The van der Waals surface area contributed by atoms with Gasteiger partial charge < -0.3 is 4.90 Å². The predicted molar refractivity (Wildman–Crippen MR) is 143 cm³/mol. The number of benzene rings is 6. The Morgan fingerprint density at radius 1 is 0.455 bits per heavy atom. The van der Waals surface area contributed by atoms with Crippen molar-refractivity contribution in [1.29, 1.82) is 0 Å². The summed E-state index contributed by atoms with van der Waals surface area (Å²) in [7, 11) is 0. The van der Waals surface area contributed by atoms with Crippen molar-refractivity contribution in [3.63, 3.8) is 0 Å². The second-order valence-electron chi connectivity index (χ2n) is 8.83. The highest BCUT2D eigenvalue weighted by atomic mass is 15.1. The molecule has 0 heterocycles. The Morgan fingerprint density at radius 2 is 0.970 bits per heavy atom. The Balaban J connectivity index is 1.72. The molecule has 0 radical (unpaired) electrons. The first-order valence-electron chi connectivity index (χ1n) is 11.5. The minimum Gasteiger partial charge on any atom is -0.310 e. The normalized spacial score (nSPS) is 11.3. The summed E-state index contributed by atoms with van der Waals surface area (Å²) in [5, 5.41) is 7.69. The lowest BCUT2D eigenvalue weighted by molar-refractivity contribution is 1.28. The SMILES string of the molecule is Cc1ccc(N(c2ccc(C)cc2)c2cc3ccc4ccccc4c3c3ccccc23)cc1. The van der Waals surface area contributed by atoms with Gasteiger partial charge in [0.1, 0.15) is 0 Å².